The van der Waals surface area contributed by atoms with Crippen LogP contribution in [0.1, 0.15) is 11.1 Å². The predicted octanol–water partition coefficient (Wildman–Crippen LogP) is 5.11. The normalized spacial score (nSPS) is 11.2. The Labute approximate surface area is 146 Å². The van der Waals surface area contributed by atoms with Crippen LogP contribution in [0.3, 0.4) is 0 Å². The van der Waals surface area contributed by atoms with Gasteiger partial charge in [-0.1, -0.05) is 42.5 Å². The number of benzene rings is 2. The van der Waals surface area contributed by atoms with E-state index in [1.54, 1.807) is 12.1 Å². The van der Waals surface area contributed by atoms with E-state index in [2.05, 4.69) is 10.3 Å². The number of nitrogens with zero attached hydrogens (tertiary/aromatic N) is 1. The van der Waals surface area contributed by atoms with Gasteiger partial charge in [-0.15, -0.1) is 0 Å². The number of hydrogen-bond acceptors (Lipinski definition) is 4. The molecule has 3 rings (SSSR count). The molecule has 0 spiro atoms. The smallest absolute Gasteiger partial charge is 0.416 e. The lowest BCUT2D eigenvalue weighted by Gasteiger charge is -2.06. The van der Waals surface area contributed by atoms with Gasteiger partial charge in [-0.2, -0.15) is 18.2 Å². The van der Waals surface area contributed by atoms with Crippen LogP contribution in [0.25, 0.3) is 11.3 Å². The van der Waals surface area contributed by atoms with E-state index >= 15 is 0 Å². The maximum Gasteiger partial charge on any atom is 0.416 e. The van der Waals surface area contributed by atoms with Gasteiger partial charge in [0.1, 0.15) is 18.6 Å². The number of aromatic nitrogens is 1. The molecule has 8 heteroatoms. The van der Waals surface area contributed by atoms with Crippen molar-refractivity contribution in [2.24, 2.45) is 0 Å². The zero-order chi connectivity index (χ0) is 18.6. The first kappa shape index (κ1) is 17.5. The summed E-state index contributed by atoms with van der Waals surface area (Å²) in [6.07, 6.45) is -3.93. The minimum atomic E-state index is -4.41. The van der Waals surface area contributed by atoms with Crippen LogP contribution < -0.4 is 5.32 Å². The second-order valence-corrected chi connectivity index (χ2v) is 5.30. The van der Waals surface area contributed by atoms with Crippen LogP contribution in [0.4, 0.5) is 24.0 Å². The second-order valence-electron chi connectivity index (χ2n) is 5.30. The summed E-state index contributed by atoms with van der Waals surface area (Å²) in [5.41, 5.74) is 0.776. The van der Waals surface area contributed by atoms with Gasteiger partial charge < -0.3 is 9.15 Å². The Balaban J connectivity index is 1.60. The van der Waals surface area contributed by atoms with Gasteiger partial charge in [-0.25, -0.2) is 10.1 Å². The number of nitrogens with one attached hydrogen (secondary N) is 1. The largest absolute Gasteiger partial charge is 0.444 e. The third kappa shape index (κ3) is 4.41. The van der Waals surface area contributed by atoms with E-state index in [0.717, 1.165) is 17.7 Å². The molecule has 0 bridgehead atoms. The fraction of sp³-hybridized carbons (Fsp3) is 0.111. The number of amides is 1. The van der Waals surface area contributed by atoms with Crippen molar-refractivity contribution >= 4 is 12.1 Å². The topological polar surface area (TPSA) is 64.4 Å². The quantitative estimate of drug-likeness (QED) is 0.701. The number of carbonyl (C=O) groups is 1. The summed E-state index contributed by atoms with van der Waals surface area (Å²) in [4.78, 5) is 15.7. The molecule has 0 atom stereocenters. The number of anilines is 1. The number of oxazole rings is 1. The molecule has 26 heavy (non-hydrogen) atoms. The zero-order valence-corrected chi connectivity index (χ0v) is 13.3. The van der Waals surface area contributed by atoms with Crippen molar-refractivity contribution in [1.82, 2.24) is 4.98 Å². The van der Waals surface area contributed by atoms with E-state index in [9.17, 15) is 18.0 Å². The first-order valence-corrected chi connectivity index (χ1v) is 7.53. The van der Waals surface area contributed by atoms with Crippen LogP contribution in [-0.4, -0.2) is 11.1 Å². The number of hydrogen-bond donors (Lipinski definition) is 1. The van der Waals surface area contributed by atoms with Gasteiger partial charge in [0.2, 0.25) is 0 Å². The molecule has 0 aliphatic heterocycles. The Morgan fingerprint density at radius 3 is 2.42 bits per heavy atom. The number of rotatable bonds is 4. The molecule has 0 aliphatic rings. The lowest BCUT2D eigenvalue weighted by molar-refractivity contribution is -0.137. The maximum atomic E-state index is 12.6. The van der Waals surface area contributed by atoms with E-state index in [0.29, 0.717) is 5.56 Å². The molecular formula is C18H13F3N2O3. The van der Waals surface area contributed by atoms with Crippen molar-refractivity contribution in [3.8, 4) is 11.3 Å². The van der Waals surface area contributed by atoms with Crippen molar-refractivity contribution in [2.45, 2.75) is 12.8 Å². The van der Waals surface area contributed by atoms with Crippen LogP contribution in [0.2, 0.25) is 0 Å². The third-order valence-corrected chi connectivity index (χ3v) is 3.43. The third-order valence-electron chi connectivity index (χ3n) is 3.43. The number of carbonyl (C=O) groups excluding carboxylic acids is 1. The Morgan fingerprint density at radius 1 is 1.08 bits per heavy atom. The lowest BCUT2D eigenvalue weighted by Crippen LogP contribution is -2.13. The molecule has 3 aromatic rings. The zero-order valence-electron chi connectivity index (χ0n) is 13.3. The van der Waals surface area contributed by atoms with E-state index in [1.807, 2.05) is 18.2 Å². The molecule has 1 aromatic heterocycles. The van der Waals surface area contributed by atoms with Crippen LogP contribution in [0.15, 0.2) is 65.3 Å². The van der Waals surface area contributed by atoms with E-state index in [-0.39, 0.29) is 18.3 Å². The Hall–Kier alpha value is -3.29. The van der Waals surface area contributed by atoms with Gasteiger partial charge >= 0.3 is 18.3 Å². The highest BCUT2D eigenvalue weighted by atomic mass is 19.4. The van der Waals surface area contributed by atoms with Crippen LogP contribution >= 0.6 is 0 Å². The average molecular weight is 362 g/mol. The number of ether oxygens (including phenoxy) is 1. The van der Waals surface area contributed by atoms with Gasteiger partial charge in [-0.3, -0.25) is 0 Å². The molecule has 0 radical (unpaired) electrons. The van der Waals surface area contributed by atoms with Crippen molar-refractivity contribution in [3.05, 3.63) is 72.0 Å². The van der Waals surface area contributed by atoms with Gasteiger partial charge in [-0.05, 0) is 17.7 Å². The predicted molar refractivity (Wildman–Crippen MR) is 87.2 cm³/mol. The fourth-order valence-electron chi connectivity index (χ4n) is 2.14. The van der Waals surface area contributed by atoms with Gasteiger partial charge in [0, 0.05) is 5.56 Å². The van der Waals surface area contributed by atoms with Crippen molar-refractivity contribution in [3.63, 3.8) is 0 Å². The summed E-state index contributed by atoms with van der Waals surface area (Å²) in [5, 5.41) is 2.32. The van der Waals surface area contributed by atoms with E-state index in [1.165, 1.54) is 18.4 Å². The second kappa shape index (κ2) is 7.30. The molecule has 0 unspecified atom stereocenters. The number of halogens is 3. The van der Waals surface area contributed by atoms with E-state index < -0.39 is 17.8 Å². The molecular weight excluding hydrogens is 349 g/mol. The van der Waals surface area contributed by atoms with Gasteiger partial charge in [0.25, 0.3) is 0 Å². The molecule has 0 fully saturated rings. The molecule has 0 aliphatic carbocycles. The standard InChI is InChI=1S/C18H13F3N2O3/c19-18(20,21)14-8-6-13(7-9-14)15-11-25-16(22-15)23-17(24)26-10-12-4-2-1-3-5-12/h1-9,11H,10H2,(H,22,23,24). The van der Waals surface area contributed by atoms with Crippen LogP contribution in [-0.2, 0) is 17.5 Å². The molecule has 0 saturated heterocycles. The summed E-state index contributed by atoms with van der Waals surface area (Å²) < 4.78 is 47.8. The highest BCUT2D eigenvalue weighted by molar-refractivity contribution is 5.82. The molecule has 2 aromatic carbocycles. The molecule has 1 N–H and O–H groups in total. The summed E-state index contributed by atoms with van der Waals surface area (Å²) in [6, 6.07) is 13.4. The monoisotopic (exact) mass is 362 g/mol. The summed E-state index contributed by atoms with van der Waals surface area (Å²) >= 11 is 0. The van der Waals surface area contributed by atoms with Crippen molar-refractivity contribution in [2.75, 3.05) is 5.32 Å². The van der Waals surface area contributed by atoms with Crippen molar-refractivity contribution in [1.29, 1.82) is 0 Å². The summed E-state index contributed by atoms with van der Waals surface area (Å²) in [7, 11) is 0. The molecule has 1 heterocycles. The summed E-state index contributed by atoms with van der Waals surface area (Å²) in [6.45, 7) is 0.0825. The fourth-order valence-corrected chi connectivity index (χ4v) is 2.14. The Morgan fingerprint density at radius 2 is 1.77 bits per heavy atom. The summed E-state index contributed by atoms with van der Waals surface area (Å²) in [5.74, 6) is 0. The van der Waals surface area contributed by atoms with Gasteiger partial charge in [0.15, 0.2) is 0 Å². The SMILES string of the molecule is O=C(Nc1nc(-c2ccc(C(F)(F)F)cc2)co1)OCc1ccccc1. The first-order chi connectivity index (χ1) is 12.4. The molecule has 1 amide bonds. The molecule has 5 nitrogen and oxygen atoms in total. The minimum absolute atomic E-state index is 0.0825. The highest BCUT2D eigenvalue weighted by Crippen LogP contribution is 2.31. The van der Waals surface area contributed by atoms with E-state index in [4.69, 9.17) is 9.15 Å². The highest BCUT2D eigenvalue weighted by Gasteiger charge is 2.30. The molecule has 134 valence electrons. The Kier molecular flexibility index (Phi) is 4.92. The lowest BCUT2D eigenvalue weighted by atomic mass is 10.1. The number of alkyl halides is 3. The first-order valence-electron chi connectivity index (χ1n) is 7.53. The maximum absolute atomic E-state index is 12.6. The van der Waals surface area contributed by atoms with Crippen LogP contribution in [0, 0.1) is 0 Å². The van der Waals surface area contributed by atoms with Crippen molar-refractivity contribution < 1.29 is 27.1 Å². The van der Waals surface area contributed by atoms with Gasteiger partial charge in [0.05, 0.1) is 5.56 Å². The average Bonchev–Trinajstić information content (AvgIpc) is 3.09. The van der Waals surface area contributed by atoms with Crippen LogP contribution in [0.5, 0.6) is 0 Å². The minimum Gasteiger partial charge on any atom is -0.444 e. The Bertz CT molecular complexity index is 875. The molecule has 0 saturated carbocycles.